The van der Waals surface area contributed by atoms with Gasteiger partial charge in [-0.15, -0.1) is 0 Å². The topological polar surface area (TPSA) is 149 Å². The van der Waals surface area contributed by atoms with E-state index in [9.17, 15) is 24.2 Å². The van der Waals surface area contributed by atoms with E-state index in [-0.39, 0.29) is 19.4 Å². The van der Waals surface area contributed by atoms with Crippen LogP contribution in [0.25, 0.3) is 0 Å². The lowest BCUT2D eigenvalue weighted by Crippen LogP contribution is -2.29. The van der Waals surface area contributed by atoms with Crippen LogP contribution in [-0.2, 0) is 32.7 Å². The highest BCUT2D eigenvalue weighted by molar-refractivity contribution is 7.47. The molecule has 0 heterocycles. The van der Waals surface area contributed by atoms with Crippen LogP contribution < -0.4 is 0 Å². The number of carbonyl (C=O) groups is 2. The predicted molar refractivity (Wildman–Crippen MR) is 136 cm³/mol. The number of carbonyl (C=O) groups excluding carboxylic acids is 2. The number of aliphatic hydroxyl groups excluding tert-OH is 2. The number of hydrogen-bond donors (Lipinski definition) is 3. The van der Waals surface area contributed by atoms with Gasteiger partial charge in [-0.1, -0.05) is 84.5 Å². The van der Waals surface area contributed by atoms with Crippen LogP contribution in [0.2, 0.25) is 0 Å². The second kappa shape index (κ2) is 23.1. The molecule has 0 aromatic rings. The fourth-order valence-corrected chi connectivity index (χ4v) is 4.13. The van der Waals surface area contributed by atoms with Crippen molar-refractivity contribution in [3.63, 3.8) is 0 Å². The molecule has 0 rings (SSSR count). The summed E-state index contributed by atoms with van der Waals surface area (Å²) < 4.78 is 32.0. The molecule has 3 N–H and O–H groups in total. The van der Waals surface area contributed by atoms with Gasteiger partial charge >= 0.3 is 19.8 Å². The molecule has 0 fully saturated rings. The number of hydrogen-bond acceptors (Lipinski definition) is 9. The molecule has 0 aliphatic heterocycles. The van der Waals surface area contributed by atoms with E-state index in [4.69, 9.17) is 19.1 Å². The highest BCUT2D eigenvalue weighted by atomic mass is 31.2. The van der Waals surface area contributed by atoms with Crippen molar-refractivity contribution in [3.8, 4) is 0 Å². The van der Waals surface area contributed by atoms with Crippen LogP contribution in [0.3, 0.4) is 0 Å². The maximum atomic E-state index is 12.3. The van der Waals surface area contributed by atoms with Crippen molar-refractivity contribution in [2.75, 3.05) is 26.4 Å². The summed E-state index contributed by atoms with van der Waals surface area (Å²) >= 11 is 0. The number of aliphatic hydroxyl groups is 2. The predicted octanol–water partition coefficient (Wildman–Crippen LogP) is 4.82. The monoisotopic (exact) mass is 540 g/mol. The lowest BCUT2D eigenvalue weighted by molar-refractivity contribution is -0.161. The quantitative estimate of drug-likeness (QED) is 0.0836. The third-order valence-electron chi connectivity index (χ3n) is 5.51. The Morgan fingerprint density at radius 3 is 1.72 bits per heavy atom. The molecule has 36 heavy (non-hydrogen) atoms. The van der Waals surface area contributed by atoms with Crippen LogP contribution in [-0.4, -0.2) is 65.7 Å². The standard InChI is InChI=1S/C25H49O10P/c1-3-5-7-9-11-13-15-17-25(29)35-23(21-34-36(30,31)33-19-22(27)18-26)20-32-24(28)16-14-12-10-8-6-4-2/h22-23,26-27H,3-21H2,1-2H3,(H,30,31)/t22-,23+/m0/s1. The average Bonchev–Trinajstić information content (AvgIpc) is 2.85. The van der Waals surface area contributed by atoms with Gasteiger partial charge in [-0.25, -0.2) is 4.57 Å². The van der Waals surface area contributed by atoms with Gasteiger partial charge in [0.05, 0.1) is 19.8 Å². The van der Waals surface area contributed by atoms with E-state index in [0.29, 0.717) is 12.8 Å². The summed E-state index contributed by atoms with van der Waals surface area (Å²) in [5, 5.41) is 18.0. The first-order valence-corrected chi connectivity index (χ1v) is 15.0. The van der Waals surface area contributed by atoms with Gasteiger partial charge in [0.1, 0.15) is 12.7 Å². The molecule has 0 spiro atoms. The number of unbranched alkanes of at least 4 members (excludes halogenated alkanes) is 11. The van der Waals surface area contributed by atoms with Gasteiger partial charge in [-0.3, -0.25) is 18.6 Å². The van der Waals surface area contributed by atoms with Crippen molar-refractivity contribution in [1.29, 1.82) is 0 Å². The molecule has 0 aliphatic carbocycles. The summed E-state index contributed by atoms with van der Waals surface area (Å²) in [5.41, 5.74) is 0. The van der Waals surface area contributed by atoms with Gasteiger partial charge in [-0.2, -0.15) is 0 Å². The zero-order valence-electron chi connectivity index (χ0n) is 22.2. The molecule has 11 heteroatoms. The molecular weight excluding hydrogens is 491 g/mol. The summed E-state index contributed by atoms with van der Waals surface area (Å²) in [6, 6.07) is 0. The van der Waals surface area contributed by atoms with Crippen molar-refractivity contribution < 1.29 is 47.8 Å². The van der Waals surface area contributed by atoms with Crippen LogP contribution in [0.1, 0.15) is 110 Å². The van der Waals surface area contributed by atoms with Crippen LogP contribution in [0.5, 0.6) is 0 Å². The van der Waals surface area contributed by atoms with Crippen molar-refractivity contribution in [2.45, 2.75) is 122 Å². The zero-order chi connectivity index (χ0) is 27.1. The van der Waals surface area contributed by atoms with E-state index in [2.05, 4.69) is 18.4 Å². The minimum Gasteiger partial charge on any atom is -0.462 e. The normalized spacial score (nSPS) is 14.7. The first-order valence-electron chi connectivity index (χ1n) is 13.5. The van der Waals surface area contributed by atoms with E-state index in [1.807, 2.05) is 0 Å². The Morgan fingerprint density at radius 1 is 0.722 bits per heavy atom. The van der Waals surface area contributed by atoms with Gasteiger partial charge in [-0.05, 0) is 12.8 Å². The molecule has 0 aromatic heterocycles. The Hall–Kier alpha value is -1.03. The van der Waals surface area contributed by atoms with E-state index in [1.165, 1.54) is 25.7 Å². The SMILES string of the molecule is CCCCCCCCCC(=O)O[C@H](COC(=O)CCCCCCCC)COP(=O)(O)OC[C@@H](O)CO. The van der Waals surface area contributed by atoms with Crippen LogP contribution in [0, 0.1) is 0 Å². The maximum Gasteiger partial charge on any atom is 0.472 e. The first kappa shape index (κ1) is 35.0. The van der Waals surface area contributed by atoms with E-state index >= 15 is 0 Å². The fraction of sp³-hybridized carbons (Fsp3) is 0.920. The third kappa shape index (κ3) is 22.2. The molecule has 10 nitrogen and oxygen atoms in total. The Balaban J connectivity index is 4.56. The van der Waals surface area contributed by atoms with Crippen molar-refractivity contribution in [3.05, 3.63) is 0 Å². The number of phosphoric ester groups is 1. The Labute approximate surface area is 216 Å². The summed E-state index contributed by atoms with van der Waals surface area (Å²) in [4.78, 5) is 34.1. The van der Waals surface area contributed by atoms with Crippen LogP contribution in [0.4, 0.5) is 0 Å². The van der Waals surface area contributed by atoms with Gasteiger partial charge < -0.3 is 24.6 Å². The number of phosphoric acid groups is 1. The summed E-state index contributed by atoms with van der Waals surface area (Å²) in [6.07, 6.45) is 11.5. The molecule has 1 unspecified atom stereocenters. The second-order valence-electron chi connectivity index (χ2n) is 9.08. The molecular formula is C25H49O10P. The summed E-state index contributed by atoms with van der Waals surface area (Å²) in [6.45, 7) is 2.20. The Bertz CT molecular complexity index is 601. The first-order chi connectivity index (χ1) is 17.2. The van der Waals surface area contributed by atoms with Gasteiger partial charge in [0.25, 0.3) is 0 Å². The number of rotatable bonds is 25. The van der Waals surface area contributed by atoms with Crippen molar-refractivity contribution >= 4 is 19.8 Å². The average molecular weight is 541 g/mol. The third-order valence-corrected chi connectivity index (χ3v) is 6.46. The highest BCUT2D eigenvalue weighted by Crippen LogP contribution is 2.43. The summed E-state index contributed by atoms with van der Waals surface area (Å²) in [7, 11) is -4.58. The Morgan fingerprint density at radius 2 is 1.19 bits per heavy atom. The van der Waals surface area contributed by atoms with E-state index in [1.54, 1.807) is 0 Å². The second-order valence-corrected chi connectivity index (χ2v) is 10.5. The van der Waals surface area contributed by atoms with Crippen molar-refractivity contribution in [1.82, 2.24) is 0 Å². The molecule has 0 amide bonds. The lowest BCUT2D eigenvalue weighted by atomic mass is 10.1. The molecule has 0 aromatic carbocycles. The van der Waals surface area contributed by atoms with Crippen LogP contribution in [0.15, 0.2) is 0 Å². The maximum absolute atomic E-state index is 12.3. The molecule has 0 aliphatic rings. The largest absolute Gasteiger partial charge is 0.472 e. The van der Waals surface area contributed by atoms with Crippen LogP contribution >= 0.6 is 7.82 Å². The van der Waals surface area contributed by atoms with E-state index < -0.39 is 51.8 Å². The number of esters is 2. The zero-order valence-corrected chi connectivity index (χ0v) is 23.1. The fourth-order valence-electron chi connectivity index (χ4n) is 3.34. The van der Waals surface area contributed by atoms with Crippen molar-refractivity contribution in [2.24, 2.45) is 0 Å². The molecule has 214 valence electrons. The smallest absolute Gasteiger partial charge is 0.462 e. The lowest BCUT2D eigenvalue weighted by Gasteiger charge is -2.20. The molecule has 3 atom stereocenters. The molecule has 0 bridgehead atoms. The summed E-state index contributed by atoms with van der Waals surface area (Å²) in [5.74, 6) is -0.943. The molecule has 0 saturated heterocycles. The molecule has 0 saturated carbocycles. The van der Waals surface area contributed by atoms with Gasteiger partial charge in [0.15, 0.2) is 6.10 Å². The minimum absolute atomic E-state index is 0.186. The Kier molecular flexibility index (Phi) is 22.5. The number of ether oxygens (including phenoxy) is 2. The highest BCUT2D eigenvalue weighted by Gasteiger charge is 2.27. The minimum atomic E-state index is -4.58. The van der Waals surface area contributed by atoms with E-state index in [0.717, 1.165) is 44.9 Å². The molecule has 0 radical (unpaired) electrons. The van der Waals surface area contributed by atoms with Gasteiger partial charge in [0, 0.05) is 12.8 Å². The van der Waals surface area contributed by atoms with Gasteiger partial charge in [0.2, 0.25) is 0 Å².